The highest BCUT2D eigenvalue weighted by Crippen LogP contribution is 2.20. The van der Waals surface area contributed by atoms with Gasteiger partial charge in [0.15, 0.2) is 0 Å². The second-order valence-electron chi connectivity index (χ2n) is 5.51. The molecule has 0 aliphatic carbocycles. The number of anilines is 1. The molecule has 0 atom stereocenters. The summed E-state index contributed by atoms with van der Waals surface area (Å²) in [5.41, 5.74) is 1.41. The van der Waals surface area contributed by atoms with Crippen molar-refractivity contribution in [1.29, 1.82) is 0 Å². The molecule has 25 heavy (non-hydrogen) atoms. The molecule has 1 aromatic heterocycles. The first-order chi connectivity index (χ1) is 11.9. The Morgan fingerprint density at radius 2 is 1.84 bits per heavy atom. The summed E-state index contributed by atoms with van der Waals surface area (Å²) in [6, 6.07) is 12.9. The molecule has 0 radical (unpaired) electrons. The van der Waals surface area contributed by atoms with E-state index in [2.05, 4.69) is 21.2 Å². The zero-order chi connectivity index (χ0) is 18.1. The molecule has 0 spiro atoms. The molecule has 0 aliphatic heterocycles. The molecule has 3 aromatic rings. The van der Waals surface area contributed by atoms with Crippen molar-refractivity contribution in [3.8, 4) is 5.69 Å². The van der Waals surface area contributed by atoms with Crippen LogP contribution in [0.5, 0.6) is 0 Å². The maximum absolute atomic E-state index is 13.2. The summed E-state index contributed by atoms with van der Waals surface area (Å²) < 4.78 is 16.7. The number of hydrogen-bond donors (Lipinski definition) is 1. The highest BCUT2D eigenvalue weighted by Gasteiger charge is 2.19. The first-order valence-electron chi connectivity index (χ1n) is 7.50. The van der Waals surface area contributed by atoms with Crippen LogP contribution in [0.3, 0.4) is 0 Å². The van der Waals surface area contributed by atoms with Gasteiger partial charge in [-0.2, -0.15) is 0 Å². The van der Waals surface area contributed by atoms with Gasteiger partial charge in [0.25, 0.3) is 11.5 Å². The van der Waals surface area contributed by atoms with Crippen molar-refractivity contribution in [3.63, 3.8) is 0 Å². The fraction of sp³-hybridized carbons (Fsp3) is 0.111. The van der Waals surface area contributed by atoms with E-state index in [9.17, 15) is 14.0 Å². The Kier molecular flexibility index (Phi) is 4.59. The summed E-state index contributed by atoms with van der Waals surface area (Å²) in [6.07, 6.45) is 0. The molecule has 5 nitrogen and oxygen atoms in total. The number of nitrogens with one attached hydrogen (secondary N) is 1. The summed E-state index contributed by atoms with van der Waals surface area (Å²) in [7, 11) is 1.74. The third kappa shape index (κ3) is 3.15. The maximum atomic E-state index is 13.2. The van der Waals surface area contributed by atoms with E-state index in [1.165, 1.54) is 22.9 Å². The smallest absolute Gasteiger partial charge is 0.295 e. The van der Waals surface area contributed by atoms with E-state index in [1.54, 1.807) is 18.7 Å². The zero-order valence-electron chi connectivity index (χ0n) is 13.6. The molecule has 3 rings (SSSR count). The van der Waals surface area contributed by atoms with E-state index >= 15 is 0 Å². The average molecular weight is 404 g/mol. The first kappa shape index (κ1) is 17.2. The van der Waals surface area contributed by atoms with Crippen molar-refractivity contribution < 1.29 is 9.18 Å². The second kappa shape index (κ2) is 6.68. The lowest BCUT2D eigenvalue weighted by molar-refractivity contribution is 0.102. The van der Waals surface area contributed by atoms with Crippen LogP contribution < -0.4 is 10.9 Å². The van der Waals surface area contributed by atoms with Gasteiger partial charge in [0.1, 0.15) is 11.5 Å². The minimum absolute atomic E-state index is 0.188. The van der Waals surface area contributed by atoms with E-state index in [1.807, 2.05) is 30.3 Å². The molecule has 1 heterocycles. The van der Waals surface area contributed by atoms with Gasteiger partial charge in [-0.25, -0.2) is 9.07 Å². The normalized spacial score (nSPS) is 10.7. The van der Waals surface area contributed by atoms with Gasteiger partial charge in [-0.1, -0.05) is 18.2 Å². The molecule has 0 bridgehead atoms. The van der Waals surface area contributed by atoms with Crippen molar-refractivity contribution >= 4 is 27.5 Å². The number of nitrogens with zero attached hydrogens (tertiary/aromatic N) is 2. The average Bonchev–Trinajstić information content (AvgIpc) is 2.79. The largest absolute Gasteiger partial charge is 0.316 e. The van der Waals surface area contributed by atoms with E-state index in [-0.39, 0.29) is 16.8 Å². The Hall–Kier alpha value is -2.67. The number of para-hydroxylation sites is 1. The van der Waals surface area contributed by atoms with Gasteiger partial charge in [-0.15, -0.1) is 0 Å². The van der Waals surface area contributed by atoms with Crippen LogP contribution in [0.15, 0.2) is 57.8 Å². The maximum Gasteiger partial charge on any atom is 0.295 e. The van der Waals surface area contributed by atoms with Gasteiger partial charge < -0.3 is 5.32 Å². The number of halogens is 2. The predicted octanol–water partition coefficient (Wildman–Crippen LogP) is 3.64. The van der Waals surface area contributed by atoms with Crippen LogP contribution in [-0.4, -0.2) is 15.3 Å². The first-order valence-corrected chi connectivity index (χ1v) is 8.30. The minimum Gasteiger partial charge on any atom is -0.316 e. The lowest BCUT2D eigenvalue weighted by Crippen LogP contribution is -2.23. The number of carbonyl (C=O) groups excluding carboxylic acids is 1. The van der Waals surface area contributed by atoms with Crippen molar-refractivity contribution in [2.75, 3.05) is 5.32 Å². The number of rotatable bonds is 3. The Morgan fingerprint density at radius 3 is 2.48 bits per heavy atom. The highest BCUT2D eigenvalue weighted by atomic mass is 79.9. The van der Waals surface area contributed by atoms with Crippen molar-refractivity contribution in [2.24, 2.45) is 7.05 Å². The molecular weight excluding hydrogens is 389 g/mol. The van der Waals surface area contributed by atoms with Gasteiger partial charge in [-0.3, -0.25) is 14.3 Å². The lowest BCUT2D eigenvalue weighted by atomic mass is 10.2. The molecule has 7 heteroatoms. The predicted molar refractivity (Wildman–Crippen MR) is 97.8 cm³/mol. The van der Waals surface area contributed by atoms with Gasteiger partial charge in [0, 0.05) is 11.5 Å². The van der Waals surface area contributed by atoms with Crippen molar-refractivity contribution in [3.05, 3.63) is 80.4 Å². The van der Waals surface area contributed by atoms with Gasteiger partial charge in [0.2, 0.25) is 0 Å². The molecule has 0 aliphatic rings. The molecule has 0 saturated carbocycles. The number of benzene rings is 2. The molecule has 0 unspecified atom stereocenters. The lowest BCUT2D eigenvalue weighted by Gasteiger charge is -2.07. The monoisotopic (exact) mass is 403 g/mol. The summed E-state index contributed by atoms with van der Waals surface area (Å²) >= 11 is 3.17. The van der Waals surface area contributed by atoms with Gasteiger partial charge in [-0.05, 0) is 53.2 Å². The summed E-state index contributed by atoms with van der Waals surface area (Å²) in [6.45, 7) is 1.75. The van der Waals surface area contributed by atoms with Crippen molar-refractivity contribution in [2.45, 2.75) is 6.92 Å². The summed E-state index contributed by atoms with van der Waals surface area (Å²) in [4.78, 5) is 25.3. The zero-order valence-corrected chi connectivity index (χ0v) is 15.2. The number of aromatic nitrogens is 2. The third-order valence-electron chi connectivity index (χ3n) is 3.97. The Labute approximate surface area is 151 Å². The van der Waals surface area contributed by atoms with E-state index in [0.29, 0.717) is 15.9 Å². The van der Waals surface area contributed by atoms with Gasteiger partial charge >= 0.3 is 0 Å². The standard InChI is InChI=1S/C18H15BrFN3O2/c1-11-16(21-17(24)14-9-8-12(20)10-15(14)19)18(25)23(22(11)2)13-6-4-3-5-7-13/h3-10H,1-2H3,(H,21,24). The van der Waals surface area contributed by atoms with Crippen LogP contribution in [-0.2, 0) is 7.05 Å². The van der Waals surface area contributed by atoms with E-state index < -0.39 is 11.7 Å². The van der Waals surface area contributed by atoms with E-state index in [4.69, 9.17) is 0 Å². The Balaban J connectivity index is 2.02. The van der Waals surface area contributed by atoms with Crippen LogP contribution in [0.1, 0.15) is 16.1 Å². The minimum atomic E-state index is -0.488. The Bertz CT molecular complexity index is 1010. The number of hydrogen-bond acceptors (Lipinski definition) is 2. The van der Waals surface area contributed by atoms with Crippen LogP contribution in [0.2, 0.25) is 0 Å². The quantitative estimate of drug-likeness (QED) is 0.725. The van der Waals surface area contributed by atoms with Gasteiger partial charge in [0.05, 0.1) is 16.9 Å². The molecule has 0 fully saturated rings. The fourth-order valence-electron chi connectivity index (χ4n) is 2.57. The molecule has 1 N–H and O–H groups in total. The molecule has 0 saturated heterocycles. The molecule has 2 aromatic carbocycles. The number of carbonyl (C=O) groups is 1. The third-order valence-corrected chi connectivity index (χ3v) is 4.62. The summed E-state index contributed by atoms with van der Waals surface area (Å²) in [5, 5.41) is 2.64. The SMILES string of the molecule is Cc1c(NC(=O)c2ccc(F)cc2Br)c(=O)n(-c2ccccc2)n1C. The molecule has 1 amide bonds. The topological polar surface area (TPSA) is 56.0 Å². The fourth-order valence-corrected chi connectivity index (χ4v) is 3.10. The van der Waals surface area contributed by atoms with Crippen molar-refractivity contribution in [1.82, 2.24) is 9.36 Å². The highest BCUT2D eigenvalue weighted by molar-refractivity contribution is 9.10. The molecular formula is C18H15BrFN3O2. The van der Waals surface area contributed by atoms with E-state index in [0.717, 1.165) is 0 Å². The molecule has 128 valence electrons. The van der Waals surface area contributed by atoms with Crippen LogP contribution in [0.4, 0.5) is 10.1 Å². The Morgan fingerprint density at radius 1 is 1.16 bits per heavy atom. The van der Waals surface area contributed by atoms with Crippen LogP contribution >= 0.6 is 15.9 Å². The summed E-state index contributed by atoms with van der Waals surface area (Å²) in [5.74, 6) is -0.941. The number of amides is 1. The van der Waals surface area contributed by atoms with Crippen LogP contribution in [0.25, 0.3) is 5.69 Å². The second-order valence-corrected chi connectivity index (χ2v) is 6.37. The van der Waals surface area contributed by atoms with Crippen LogP contribution in [0, 0.1) is 12.7 Å².